The molecule has 1 unspecified atom stereocenters. The minimum Gasteiger partial charge on any atom is -0.379 e. The topological polar surface area (TPSA) is 61.8 Å². The van der Waals surface area contributed by atoms with Gasteiger partial charge in [0.2, 0.25) is 0 Å². The number of aromatic nitrogens is 1. The summed E-state index contributed by atoms with van der Waals surface area (Å²) in [5.74, 6) is 0.893. The smallest absolute Gasteiger partial charge is 0.191 e. The lowest BCUT2D eigenvalue weighted by Crippen LogP contribution is -2.44. The number of guanidine groups is 1. The van der Waals surface area contributed by atoms with E-state index in [0.717, 1.165) is 64.7 Å². The molecular formula is C17H31N5OS. The molecule has 2 rings (SSSR count). The number of nitrogens with one attached hydrogen (secondary N) is 2. The number of morpholine rings is 1. The normalized spacial score (nSPS) is 17.7. The van der Waals surface area contributed by atoms with E-state index in [1.807, 2.05) is 6.20 Å². The van der Waals surface area contributed by atoms with Crippen molar-refractivity contribution in [1.29, 1.82) is 0 Å². The van der Waals surface area contributed by atoms with Gasteiger partial charge in [-0.2, -0.15) is 0 Å². The van der Waals surface area contributed by atoms with E-state index in [1.165, 1.54) is 9.88 Å². The van der Waals surface area contributed by atoms with Gasteiger partial charge in [-0.1, -0.05) is 6.92 Å². The third-order valence-corrected chi connectivity index (χ3v) is 5.31. The summed E-state index contributed by atoms with van der Waals surface area (Å²) in [6, 6.07) is 0.440. The minimum absolute atomic E-state index is 0.440. The van der Waals surface area contributed by atoms with Crippen LogP contribution in [0.25, 0.3) is 0 Å². The van der Waals surface area contributed by atoms with E-state index in [2.05, 4.69) is 41.3 Å². The predicted octanol–water partition coefficient (Wildman–Crippen LogP) is 1.52. The Bertz CT molecular complexity index is 499. The number of aryl methyl sites for hydroxylation is 1. The van der Waals surface area contributed by atoms with E-state index in [9.17, 15) is 0 Å². The molecule has 1 fully saturated rings. The zero-order chi connectivity index (χ0) is 17.2. The number of thiazole rings is 1. The third-order valence-electron chi connectivity index (χ3n) is 4.11. The molecule has 1 aromatic rings. The third kappa shape index (κ3) is 6.37. The first-order valence-electron chi connectivity index (χ1n) is 9.00. The second kappa shape index (κ2) is 10.6. The molecule has 24 heavy (non-hydrogen) atoms. The number of nitrogens with zero attached hydrogens (tertiary/aromatic N) is 3. The van der Waals surface area contributed by atoms with Gasteiger partial charge < -0.3 is 15.4 Å². The van der Waals surface area contributed by atoms with Crippen molar-refractivity contribution in [1.82, 2.24) is 20.5 Å². The van der Waals surface area contributed by atoms with Crippen LogP contribution in [0, 0.1) is 0 Å². The van der Waals surface area contributed by atoms with Crippen molar-refractivity contribution in [2.24, 2.45) is 4.99 Å². The molecule has 0 amide bonds. The Labute approximate surface area is 149 Å². The van der Waals surface area contributed by atoms with Crippen LogP contribution in [0.15, 0.2) is 11.2 Å². The Morgan fingerprint density at radius 3 is 2.83 bits per heavy atom. The van der Waals surface area contributed by atoms with Crippen LogP contribution in [0.5, 0.6) is 0 Å². The highest BCUT2D eigenvalue weighted by Gasteiger charge is 2.16. The first-order valence-corrected chi connectivity index (χ1v) is 9.82. The molecule has 1 aliphatic rings. The molecule has 6 nitrogen and oxygen atoms in total. The predicted molar refractivity (Wildman–Crippen MR) is 101 cm³/mol. The average Bonchev–Trinajstić information content (AvgIpc) is 3.08. The molecule has 136 valence electrons. The van der Waals surface area contributed by atoms with Crippen LogP contribution >= 0.6 is 11.3 Å². The van der Waals surface area contributed by atoms with Crippen LogP contribution in [-0.2, 0) is 17.6 Å². The van der Waals surface area contributed by atoms with Crippen molar-refractivity contribution in [3.63, 3.8) is 0 Å². The Hall–Kier alpha value is -1.18. The monoisotopic (exact) mass is 353 g/mol. The van der Waals surface area contributed by atoms with Gasteiger partial charge in [0.05, 0.1) is 24.8 Å². The van der Waals surface area contributed by atoms with E-state index >= 15 is 0 Å². The first kappa shape index (κ1) is 19.1. The molecule has 0 saturated carbocycles. The lowest BCUT2D eigenvalue weighted by molar-refractivity contribution is 0.0220. The molecule has 1 aromatic heterocycles. The van der Waals surface area contributed by atoms with Gasteiger partial charge >= 0.3 is 0 Å². The summed E-state index contributed by atoms with van der Waals surface area (Å²) in [6.07, 6.45) is 3.99. The van der Waals surface area contributed by atoms with Crippen LogP contribution in [-0.4, -0.2) is 67.8 Å². The molecule has 0 aromatic carbocycles. The van der Waals surface area contributed by atoms with Gasteiger partial charge in [-0.05, 0) is 20.3 Å². The number of aliphatic imine (C=N–C) groups is 1. The summed E-state index contributed by atoms with van der Waals surface area (Å²) in [7, 11) is 0. The van der Waals surface area contributed by atoms with E-state index in [0.29, 0.717) is 6.04 Å². The van der Waals surface area contributed by atoms with Gasteiger partial charge in [0.25, 0.3) is 0 Å². The van der Waals surface area contributed by atoms with Crippen molar-refractivity contribution in [3.8, 4) is 0 Å². The van der Waals surface area contributed by atoms with E-state index in [-0.39, 0.29) is 0 Å². The van der Waals surface area contributed by atoms with Crippen molar-refractivity contribution in [2.75, 3.05) is 45.9 Å². The highest BCUT2D eigenvalue weighted by molar-refractivity contribution is 7.11. The fourth-order valence-corrected chi connectivity index (χ4v) is 3.48. The summed E-state index contributed by atoms with van der Waals surface area (Å²) >= 11 is 1.81. The zero-order valence-electron chi connectivity index (χ0n) is 15.2. The summed E-state index contributed by atoms with van der Waals surface area (Å²) in [4.78, 5) is 13.0. The lowest BCUT2D eigenvalue weighted by atomic mass is 10.2. The Kier molecular flexibility index (Phi) is 8.49. The lowest BCUT2D eigenvalue weighted by Gasteiger charge is -2.31. The van der Waals surface area contributed by atoms with Crippen LogP contribution in [0.3, 0.4) is 0 Å². The summed E-state index contributed by atoms with van der Waals surface area (Å²) in [5, 5.41) is 7.93. The zero-order valence-corrected chi connectivity index (χ0v) is 16.0. The van der Waals surface area contributed by atoms with E-state index < -0.39 is 0 Å². The molecule has 0 aliphatic carbocycles. The molecule has 7 heteroatoms. The Morgan fingerprint density at radius 2 is 2.17 bits per heavy atom. The molecular weight excluding hydrogens is 322 g/mol. The van der Waals surface area contributed by atoms with Gasteiger partial charge in [0.15, 0.2) is 5.96 Å². The van der Waals surface area contributed by atoms with Gasteiger partial charge in [-0.3, -0.25) is 9.89 Å². The number of ether oxygens (including phenoxy) is 1. The second-order valence-electron chi connectivity index (χ2n) is 5.97. The van der Waals surface area contributed by atoms with Crippen molar-refractivity contribution < 1.29 is 4.74 Å². The molecule has 0 bridgehead atoms. The van der Waals surface area contributed by atoms with Crippen molar-refractivity contribution >= 4 is 17.3 Å². The highest BCUT2D eigenvalue weighted by Crippen LogP contribution is 2.13. The van der Waals surface area contributed by atoms with E-state index in [1.54, 1.807) is 11.3 Å². The maximum atomic E-state index is 5.41. The van der Waals surface area contributed by atoms with Gasteiger partial charge in [-0.15, -0.1) is 11.3 Å². The quantitative estimate of drug-likeness (QED) is 0.548. The largest absolute Gasteiger partial charge is 0.379 e. The molecule has 1 atom stereocenters. The number of rotatable bonds is 8. The fourth-order valence-electron chi connectivity index (χ4n) is 2.61. The van der Waals surface area contributed by atoms with Crippen LogP contribution < -0.4 is 10.6 Å². The van der Waals surface area contributed by atoms with Crippen LogP contribution in [0.1, 0.15) is 30.7 Å². The molecule has 2 heterocycles. The Morgan fingerprint density at radius 1 is 1.38 bits per heavy atom. The summed E-state index contributed by atoms with van der Waals surface area (Å²) in [6.45, 7) is 12.7. The molecule has 1 saturated heterocycles. The van der Waals surface area contributed by atoms with Crippen molar-refractivity contribution in [2.45, 2.75) is 39.7 Å². The fraction of sp³-hybridized carbons (Fsp3) is 0.765. The van der Waals surface area contributed by atoms with Crippen LogP contribution in [0.4, 0.5) is 0 Å². The standard InChI is InChI=1S/C17H31N5OS/c1-4-15-13-20-16(24-15)6-7-19-17(18-5-2)21-12-14(3)22-8-10-23-11-9-22/h13-14H,4-12H2,1-3H3,(H2,18,19,21). The molecule has 0 radical (unpaired) electrons. The van der Waals surface area contributed by atoms with Crippen molar-refractivity contribution in [3.05, 3.63) is 16.1 Å². The Balaban J connectivity index is 1.76. The minimum atomic E-state index is 0.440. The molecule has 2 N–H and O–H groups in total. The molecule has 0 spiro atoms. The maximum Gasteiger partial charge on any atom is 0.191 e. The summed E-state index contributed by atoms with van der Waals surface area (Å²) < 4.78 is 5.41. The number of hydrogen-bond acceptors (Lipinski definition) is 5. The van der Waals surface area contributed by atoms with Crippen LogP contribution in [0.2, 0.25) is 0 Å². The first-order chi connectivity index (χ1) is 11.7. The maximum absolute atomic E-state index is 5.41. The summed E-state index contributed by atoms with van der Waals surface area (Å²) in [5.41, 5.74) is 0. The molecule has 1 aliphatic heterocycles. The van der Waals surface area contributed by atoms with E-state index in [4.69, 9.17) is 9.73 Å². The second-order valence-corrected chi connectivity index (χ2v) is 7.17. The highest BCUT2D eigenvalue weighted by atomic mass is 32.1. The average molecular weight is 354 g/mol. The van der Waals surface area contributed by atoms with Gasteiger partial charge in [0.1, 0.15) is 0 Å². The van der Waals surface area contributed by atoms with Gasteiger partial charge in [0, 0.05) is 49.7 Å². The number of hydrogen-bond donors (Lipinski definition) is 2. The SMILES string of the molecule is CCNC(=NCC(C)N1CCOCC1)NCCc1ncc(CC)s1. The van der Waals surface area contributed by atoms with Gasteiger partial charge in [-0.25, -0.2) is 4.98 Å².